The molecule has 1 aromatic heterocycles. The van der Waals surface area contributed by atoms with Gasteiger partial charge in [-0.1, -0.05) is 24.6 Å². The van der Waals surface area contributed by atoms with Gasteiger partial charge in [-0.05, 0) is 43.9 Å². The Morgan fingerprint density at radius 3 is 2.60 bits per heavy atom. The number of fused-ring (bicyclic) bond motifs is 1. The quantitative estimate of drug-likeness (QED) is 0.651. The van der Waals surface area contributed by atoms with Crippen molar-refractivity contribution >= 4 is 11.8 Å². The molecule has 35 heavy (non-hydrogen) atoms. The molecule has 0 N–H and O–H groups in total. The first-order valence-electron chi connectivity index (χ1n) is 12.4. The Hall–Kier alpha value is -3.13. The Labute approximate surface area is 207 Å². The number of carbonyl (C=O) groups excluding carboxylic acids is 2. The van der Waals surface area contributed by atoms with Gasteiger partial charge in [0.1, 0.15) is 11.4 Å². The van der Waals surface area contributed by atoms with Gasteiger partial charge in [0, 0.05) is 44.8 Å². The number of aromatic nitrogens is 1. The number of hydrogen-bond acceptors (Lipinski definition) is 6. The highest BCUT2D eigenvalue weighted by Crippen LogP contribution is 2.38. The van der Waals surface area contributed by atoms with Crippen molar-refractivity contribution in [3.8, 4) is 11.6 Å². The van der Waals surface area contributed by atoms with E-state index < -0.39 is 0 Å². The maximum Gasteiger partial charge on any atom is 0.272 e. The van der Waals surface area contributed by atoms with Crippen molar-refractivity contribution in [2.24, 2.45) is 5.41 Å². The number of para-hydroxylation sites is 1. The molecule has 0 bridgehead atoms. The SMILES string of the molecule is COc1cccc(C(=O)N2CCC3(CCCCOCCN(C)C(=O)c4ccccc4OC3)CC2)n1. The van der Waals surface area contributed by atoms with E-state index in [1.54, 1.807) is 37.3 Å². The van der Waals surface area contributed by atoms with Crippen LogP contribution < -0.4 is 9.47 Å². The zero-order valence-corrected chi connectivity index (χ0v) is 20.7. The second kappa shape index (κ2) is 11.5. The van der Waals surface area contributed by atoms with Gasteiger partial charge in [-0.25, -0.2) is 4.98 Å². The fraction of sp³-hybridized carbons (Fsp3) is 0.519. The fourth-order valence-electron chi connectivity index (χ4n) is 4.78. The lowest BCUT2D eigenvalue weighted by Gasteiger charge is -2.42. The number of likely N-dealkylation sites (N-methyl/N-ethyl adjacent to an activating group) is 1. The van der Waals surface area contributed by atoms with Crippen molar-refractivity contribution in [1.29, 1.82) is 0 Å². The summed E-state index contributed by atoms with van der Waals surface area (Å²) in [4.78, 5) is 33.9. The van der Waals surface area contributed by atoms with Gasteiger partial charge in [0.05, 0.1) is 25.9 Å². The number of nitrogens with zero attached hydrogens (tertiary/aromatic N) is 3. The summed E-state index contributed by atoms with van der Waals surface area (Å²) >= 11 is 0. The zero-order chi connectivity index (χ0) is 24.7. The molecule has 3 heterocycles. The summed E-state index contributed by atoms with van der Waals surface area (Å²) < 4.78 is 17.3. The van der Waals surface area contributed by atoms with Gasteiger partial charge < -0.3 is 24.0 Å². The molecule has 1 fully saturated rings. The first-order chi connectivity index (χ1) is 17.0. The number of piperidine rings is 1. The molecule has 0 radical (unpaired) electrons. The van der Waals surface area contributed by atoms with Crippen molar-refractivity contribution in [3.05, 3.63) is 53.7 Å². The molecule has 4 rings (SSSR count). The van der Waals surface area contributed by atoms with E-state index in [-0.39, 0.29) is 17.2 Å². The van der Waals surface area contributed by atoms with Crippen LogP contribution in [0.2, 0.25) is 0 Å². The number of rotatable bonds is 2. The van der Waals surface area contributed by atoms with Crippen LogP contribution in [-0.2, 0) is 4.74 Å². The average molecular weight is 482 g/mol. The van der Waals surface area contributed by atoms with Crippen LogP contribution in [-0.4, -0.2) is 80.2 Å². The molecule has 0 unspecified atom stereocenters. The lowest BCUT2D eigenvalue weighted by Crippen LogP contribution is -2.46. The monoisotopic (exact) mass is 481 g/mol. The van der Waals surface area contributed by atoms with E-state index in [4.69, 9.17) is 14.2 Å². The van der Waals surface area contributed by atoms with Crippen LogP contribution in [0.4, 0.5) is 0 Å². The fourth-order valence-corrected chi connectivity index (χ4v) is 4.78. The lowest BCUT2D eigenvalue weighted by molar-refractivity contribution is 0.0325. The van der Waals surface area contributed by atoms with E-state index in [0.717, 1.165) is 32.1 Å². The van der Waals surface area contributed by atoms with E-state index in [1.165, 1.54) is 0 Å². The third-order valence-electron chi connectivity index (χ3n) is 7.08. The van der Waals surface area contributed by atoms with Crippen LogP contribution in [0.3, 0.4) is 0 Å². The lowest BCUT2D eigenvalue weighted by atomic mass is 9.75. The number of hydrogen-bond donors (Lipinski definition) is 0. The highest BCUT2D eigenvalue weighted by Gasteiger charge is 2.37. The van der Waals surface area contributed by atoms with E-state index >= 15 is 0 Å². The largest absolute Gasteiger partial charge is 0.492 e. The molecular formula is C27H35N3O5. The van der Waals surface area contributed by atoms with Crippen LogP contribution in [0.5, 0.6) is 11.6 Å². The normalized spacial score (nSPS) is 19.4. The molecule has 2 aliphatic heterocycles. The van der Waals surface area contributed by atoms with Gasteiger partial charge in [0.2, 0.25) is 5.88 Å². The molecule has 0 saturated carbocycles. The van der Waals surface area contributed by atoms with Gasteiger partial charge in [-0.3, -0.25) is 9.59 Å². The van der Waals surface area contributed by atoms with E-state index in [9.17, 15) is 9.59 Å². The highest BCUT2D eigenvalue weighted by molar-refractivity contribution is 5.96. The van der Waals surface area contributed by atoms with Crippen molar-refractivity contribution < 1.29 is 23.8 Å². The third kappa shape index (κ3) is 6.11. The minimum absolute atomic E-state index is 0.0647. The van der Waals surface area contributed by atoms with Gasteiger partial charge in [-0.15, -0.1) is 0 Å². The molecule has 0 atom stereocenters. The molecule has 2 aromatic rings. The number of amides is 2. The van der Waals surface area contributed by atoms with Crippen molar-refractivity contribution in [1.82, 2.24) is 14.8 Å². The Kier molecular flexibility index (Phi) is 8.23. The minimum atomic E-state index is -0.0760. The van der Waals surface area contributed by atoms with Crippen LogP contribution in [0.15, 0.2) is 42.5 Å². The van der Waals surface area contributed by atoms with Crippen LogP contribution in [0.1, 0.15) is 53.0 Å². The first kappa shape index (κ1) is 25.0. The summed E-state index contributed by atoms with van der Waals surface area (Å²) in [5.74, 6) is 0.903. The van der Waals surface area contributed by atoms with Gasteiger partial charge in [-0.2, -0.15) is 0 Å². The number of methoxy groups -OCH3 is 1. The molecule has 1 saturated heterocycles. The summed E-state index contributed by atoms with van der Waals surface area (Å²) in [6, 6.07) is 12.7. The van der Waals surface area contributed by atoms with Gasteiger partial charge >= 0.3 is 0 Å². The maximum absolute atomic E-state index is 13.1. The first-order valence-corrected chi connectivity index (χ1v) is 12.4. The van der Waals surface area contributed by atoms with Crippen molar-refractivity contribution in [2.75, 3.05) is 53.6 Å². The minimum Gasteiger partial charge on any atom is -0.492 e. The molecule has 2 amide bonds. The van der Waals surface area contributed by atoms with Crippen LogP contribution in [0.25, 0.3) is 0 Å². The van der Waals surface area contributed by atoms with Crippen molar-refractivity contribution in [3.63, 3.8) is 0 Å². The van der Waals surface area contributed by atoms with E-state index in [0.29, 0.717) is 62.3 Å². The number of benzene rings is 1. The van der Waals surface area contributed by atoms with Gasteiger partial charge in [0.15, 0.2) is 0 Å². The Morgan fingerprint density at radius 1 is 1.00 bits per heavy atom. The van der Waals surface area contributed by atoms with E-state index in [1.807, 2.05) is 29.2 Å². The summed E-state index contributed by atoms with van der Waals surface area (Å²) in [5, 5.41) is 0. The summed E-state index contributed by atoms with van der Waals surface area (Å²) in [7, 11) is 3.34. The number of ether oxygens (including phenoxy) is 3. The number of likely N-dealkylation sites (tertiary alicyclic amines) is 1. The highest BCUT2D eigenvalue weighted by atomic mass is 16.5. The second-order valence-corrected chi connectivity index (χ2v) is 9.44. The Morgan fingerprint density at radius 2 is 1.80 bits per heavy atom. The molecule has 188 valence electrons. The zero-order valence-electron chi connectivity index (χ0n) is 20.7. The van der Waals surface area contributed by atoms with Crippen LogP contribution in [0, 0.1) is 5.41 Å². The van der Waals surface area contributed by atoms with Crippen LogP contribution >= 0.6 is 0 Å². The number of carbonyl (C=O) groups is 2. The summed E-state index contributed by atoms with van der Waals surface area (Å²) in [6.07, 6.45) is 4.66. The van der Waals surface area contributed by atoms with E-state index in [2.05, 4.69) is 4.98 Å². The molecule has 8 nitrogen and oxygen atoms in total. The molecule has 0 aliphatic carbocycles. The van der Waals surface area contributed by atoms with Crippen molar-refractivity contribution in [2.45, 2.75) is 32.1 Å². The summed E-state index contributed by atoms with van der Waals surface area (Å²) in [5.41, 5.74) is 0.903. The average Bonchev–Trinajstić information content (AvgIpc) is 2.90. The molecule has 8 heteroatoms. The molecule has 1 aromatic carbocycles. The third-order valence-corrected chi connectivity index (χ3v) is 7.08. The predicted molar refractivity (Wildman–Crippen MR) is 132 cm³/mol. The predicted octanol–water partition coefficient (Wildman–Crippen LogP) is 3.66. The molecule has 1 spiro atoms. The Bertz CT molecular complexity index is 1020. The molecule has 2 aliphatic rings. The second-order valence-electron chi connectivity index (χ2n) is 9.44. The molecular weight excluding hydrogens is 446 g/mol. The summed E-state index contributed by atoms with van der Waals surface area (Å²) in [6.45, 7) is 3.54. The smallest absolute Gasteiger partial charge is 0.272 e. The Balaban J connectivity index is 1.48. The maximum atomic E-state index is 13.1. The topological polar surface area (TPSA) is 81.2 Å². The number of pyridine rings is 1. The van der Waals surface area contributed by atoms with Gasteiger partial charge in [0.25, 0.3) is 11.8 Å². The standard InChI is InChI=1S/C27H35N3O5/c1-29-17-19-34-18-6-5-12-27(20-35-23-10-4-3-8-21(23)25(29)31)13-15-30(16-14-27)26(32)22-9-7-11-24(28-22)33-2/h3-4,7-11H,5-6,12-20H2,1-2H3.